The number of rotatable bonds is 6. The van der Waals surface area contributed by atoms with E-state index in [2.05, 4.69) is 15.2 Å². The van der Waals surface area contributed by atoms with Gasteiger partial charge < -0.3 is 14.8 Å². The summed E-state index contributed by atoms with van der Waals surface area (Å²) in [6.45, 7) is 3.74. The summed E-state index contributed by atoms with van der Waals surface area (Å²) in [5.41, 5.74) is 2.04. The molecule has 24 heavy (non-hydrogen) atoms. The minimum atomic E-state index is -0.528. The lowest BCUT2D eigenvalue weighted by molar-refractivity contribution is -0.139. The maximum Gasteiger partial charge on any atom is 0.325 e. The van der Waals surface area contributed by atoms with Gasteiger partial charge in [0.05, 0.1) is 7.11 Å². The molecule has 2 rings (SSSR count). The van der Waals surface area contributed by atoms with Crippen LogP contribution in [0.2, 0.25) is 5.02 Å². The first kappa shape index (κ1) is 17.8. The molecule has 0 unspecified atom stereocenters. The van der Waals surface area contributed by atoms with Gasteiger partial charge in [-0.3, -0.25) is 9.59 Å². The molecule has 0 spiro atoms. The van der Waals surface area contributed by atoms with Crippen molar-refractivity contribution in [3.63, 3.8) is 0 Å². The molecule has 0 atom stereocenters. The Kier molecular flexibility index (Phi) is 5.81. The average molecular weight is 352 g/mol. The normalized spacial score (nSPS) is 10.3. The van der Waals surface area contributed by atoms with Crippen molar-refractivity contribution in [1.29, 1.82) is 0 Å². The fraction of sp³-hybridized carbons (Fsp3) is 0.312. The molecule has 1 heterocycles. The van der Waals surface area contributed by atoms with E-state index in [0.717, 1.165) is 11.1 Å². The van der Waals surface area contributed by atoms with Crippen LogP contribution in [0.15, 0.2) is 24.4 Å². The summed E-state index contributed by atoms with van der Waals surface area (Å²) in [4.78, 5) is 22.8. The molecule has 0 aliphatic heterocycles. The third kappa shape index (κ3) is 4.48. The van der Waals surface area contributed by atoms with Crippen molar-refractivity contribution in [2.24, 2.45) is 0 Å². The second-order valence-electron chi connectivity index (χ2n) is 5.14. The van der Waals surface area contributed by atoms with Crippen molar-refractivity contribution in [3.8, 4) is 5.75 Å². The van der Waals surface area contributed by atoms with Crippen LogP contribution in [0.1, 0.15) is 21.6 Å². The number of nitrogens with one attached hydrogen (secondary N) is 1. The summed E-state index contributed by atoms with van der Waals surface area (Å²) in [5.74, 6) is -0.321. The summed E-state index contributed by atoms with van der Waals surface area (Å²) in [6.07, 6.45) is 1.61. The molecular weight excluding hydrogens is 334 g/mol. The lowest BCUT2D eigenvalue weighted by atomic mass is 10.1. The molecule has 1 amide bonds. The van der Waals surface area contributed by atoms with E-state index in [1.807, 2.05) is 26.0 Å². The van der Waals surface area contributed by atoms with Crippen molar-refractivity contribution >= 4 is 23.5 Å². The number of hydrogen-bond acceptors (Lipinski definition) is 5. The van der Waals surface area contributed by atoms with Gasteiger partial charge in [0.15, 0.2) is 6.73 Å². The van der Waals surface area contributed by atoms with Crippen LogP contribution in [-0.4, -0.2) is 35.3 Å². The predicted octanol–water partition coefficient (Wildman–Crippen LogP) is 2.09. The Labute approximate surface area is 144 Å². The van der Waals surface area contributed by atoms with Gasteiger partial charge in [-0.2, -0.15) is 5.10 Å². The van der Waals surface area contributed by atoms with Gasteiger partial charge in [-0.25, -0.2) is 4.68 Å². The number of aromatic nitrogens is 2. The van der Waals surface area contributed by atoms with Crippen molar-refractivity contribution in [2.45, 2.75) is 20.6 Å². The molecule has 0 radical (unpaired) electrons. The van der Waals surface area contributed by atoms with Gasteiger partial charge in [-0.05, 0) is 43.2 Å². The van der Waals surface area contributed by atoms with E-state index in [4.69, 9.17) is 16.3 Å². The van der Waals surface area contributed by atoms with E-state index >= 15 is 0 Å². The quantitative estimate of drug-likeness (QED) is 0.806. The van der Waals surface area contributed by atoms with Gasteiger partial charge in [-0.15, -0.1) is 0 Å². The highest BCUT2D eigenvalue weighted by Crippen LogP contribution is 2.25. The van der Waals surface area contributed by atoms with Crippen LogP contribution >= 0.6 is 11.6 Å². The number of halogens is 1. The highest BCUT2D eigenvalue weighted by atomic mass is 35.5. The lowest BCUT2D eigenvalue weighted by Crippen LogP contribution is -2.30. The van der Waals surface area contributed by atoms with E-state index in [-0.39, 0.29) is 19.0 Å². The number of carbonyl (C=O) groups excluding carboxylic acids is 2. The van der Waals surface area contributed by atoms with Gasteiger partial charge in [-0.1, -0.05) is 11.6 Å². The SMILES string of the molecule is COC(=O)CNC(=O)c1ccn(COc2cc(C)c(Cl)c(C)c2)n1. The number of hydrogen-bond donors (Lipinski definition) is 1. The van der Waals surface area contributed by atoms with Gasteiger partial charge in [0.1, 0.15) is 18.0 Å². The highest BCUT2D eigenvalue weighted by molar-refractivity contribution is 6.32. The van der Waals surface area contributed by atoms with E-state index in [0.29, 0.717) is 10.8 Å². The molecule has 1 aromatic heterocycles. The van der Waals surface area contributed by atoms with E-state index in [1.54, 1.807) is 6.20 Å². The van der Waals surface area contributed by atoms with Gasteiger partial charge in [0.25, 0.3) is 5.91 Å². The van der Waals surface area contributed by atoms with Crippen LogP contribution in [0.3, 0.4) is 0 Å². The van der Waals surface area contributed by atoms with Crippen molar-refractivity contribution in [1.82, 2.24) is 15.1 Å². The summed E-state index contributed by atoms with van der Waals surface area (Å²) in [6, 6.07) is 5.21. The molecule has 0 fully saturated rings. The predicted molar refractivity (Wildman–Crippen MR) is 88.1 cm³/mol. The number of carbonyl (C=O) groups is 2. The zero-order valence-electron chi connectivity index (χ0n) is 13.6. The molecule has 1 N–H and O–H groups in total. The zero-order valence-corrected chi connectivity index (χ0v) is 14.4. The molecule has 0 aliphatic carbocycles. The maximum atomic E-state index is 11.8. The topological polar surface area (TPSA) is 82.5 Å². The first-order valence-electron chi connectivity index (χ1n) is 7.18. The molecule has 2 aromatic rings. The molecule has 0 saturated carbocycles. The minimum Gasteiger partial charge on any atom is -0.471 e. The van der Waals surface area contributed by atoms with Crippen molar-refractivity contribution < 1.29 is 19.1 Å². The Morgan fingerprint density at radius 1 is 1.29 bits per heavy atom. The average Bonchev–Trinajstić information content (AvgIpc) is 3.04. The summed E-state index contributed by atoms with van der Waals surface area (Å²) >= 11 is 6.12. The molecule has 0 aliphatic rings. The fourth-order valence-corrected chi connectivity index (χ4v) is 2.11. The number of methoxy groups -OCH3 is 1. The Morgan fingerprint density at radius 2 is 1.96 bits per heavy atom. The zero-order chi connectivity index (χ0) is 17.7. The van der Waals surface area contributed by atoms with Gasteiger partial charge in [0.2, 0.25) is 0 Å². The standard InChI is InChI=1S/C16H18ClN3O4/c1-10-6-12(7-11(2)15(10)17)24-9-20-5-4-13(19-20)16(22)18-8-14(21)23-3/h4-7H,8-9H2,1-3H3,(H,18,22). The molecule has 0 bridgehead atoms. The van der Waals surface area contributed by atoms with E-state index < -0.39 is 11.9 Å². The second kappa shape index (κ2) is 7.83. The number of nitrogens with zero attached hydrogens (tertiary/aromatic N) is 2. The molecule has 8 heteroatoms. The van der Waals surface area contributed by atoms with Crippen molar-refractivity contribution in [2.75, 3.05) is 13.7 Å². The second-order valence-corrected chi connectivity index (χ2v) is 5.52. The largest absolute Gasteiger partial charge is 0.471 e. The molecule has 1 aromatic carbocycles. The van der Waals surface area contributed by atoms with Crippen LogP contribution in [0, 0.1) is 13.8 Å². The van der Waals surface area contributed by atoms with E-state index in [9.17, 15) is 9.59 Å². The van der Waals surface area contributed by atoms with Crippen LogP contribution < -0.4 is 10.1 Å². The molecule has 0 saturated heterocycles. The van der Waals surface area contributed by atoms with Crippen molar-refractivity contribution in [3.05, 3.63) is 46.2 Å². The minimum absolute atomic E-state index is 0.144. The Hall–Kier alpha value is -2.54. The monoisotopic (exact) mass is 351 g/mol. The highest BCUT2D eigenvalue weighted by Gasteiger charge is 2.11. The number of ether oxygens (including phenoxy) is 2. The van der Waals surface area contributed by atoms with Gasteiger partial charge >= 0.3 is 5.97 Å². The Balaban J connectivity index is 1.94. The van der Waals surface area contributed by atoms with Crippen LogP contribution in [0.4, 0.5) is 0 Å². The Bertz CT molecular complexity index is 735. The van der Waals surface area contributed by atoms with E-state index in [1.165, 1.54) is 17.9 Å². The number of esters is 1. The third-order valence-electron chi connectivity index (χ3n) is 3.27. The first-order valence-corrected chi connectivity index (χ1v) is 7.56. The Morgan fingerprint density at radius 3 is 2.58 bits per heavy atom. The van der Waals surface area contributed by atoms with Crippen LogP contribution in [-0.2, 0) is 16.3 Å². The third-order valence-corrected chi connectivity index (χ3v) is 3.86. The lowest BCUT2D eigenvalue weighted by Gasteiger charge is -2.10. The molecule has 128 valence electrons. The summed E-state index contributed by atoms with van der Waals surface area (Å²) in [7, 11) is 1.25. The van der Waals surface area contributed by atoms with Crippen LogP contribution in [0.25, 0.3) is 0 Å². The smallest absolute Gasteiger partial charge is 0.325 e. The number of amides is 1. The van der Waals surface area contributed by atoms with Crippen LogP contribution in [0.5, 0.6) is 5.75 Å². The van der Waals surface area contributed by atoms with Gasteiger partial charge in [0, 0.05) is 11.2 Å². The first-order chi connectivity index (χ1) is 11.4. The summed E-state index contributed by atoms with van der Waals surface area (Å²) in [5, 5.41) is 7.22. The maximum absolute atomic E-state index is 11.8. The molecule has 7 nitrogen and oxygen atoms in total. The number of benzene rings is 1. The molecular formula is C16H18ClN3O4. The summed E-state index contributed by atoms with van der Waals surface area (Å²) < 4.78 is 11.6. The fourth-order valence-electron chi connectivity index (χ4n) is 2.00. The number of aryl methyl sites for hydroxylation is 2.